The van der Waals surface area contributed by atoms with Gasteiger partial charge in [-0.15, -0.1) is 0 Å². The first kappa shape index (κ1) is 16.6. The van der Waals surface area contributed by atoms with E-state index in [1.54, 1.807) is 36.0 Å². The van der Waals surface area contributed by atoms with Crippen LogP contribution in [0.15, 0.2) is 48.8 Å². The van der Waals surface area contributed by atoms with E-state index in [9.17, 15) is 18.9 Å². The maximum atomic E-state index is 14.3. The molecule has 1 aromatic heterocycles. The zero-order valence-corrected chi connectivity index (χ0v) is 13.2. The van der Waals surface area contributed by atoms with Gasteiger partial charge in [0.1, 0.15) is 23.1 Å². The number of halogens is 2. The summed E-state index contributed by atoms with van der Waals surface area (Å²) in [5, 5.41) is 13.8. The van der Waals surface area contributed by atoms with Gasteiger partial charge in [-0.05, 0) is 36.8 Å². The fraction of sp³-hybridized carbons (Fsp3) is 0.118. The van der Waals surface area contributed by atoms with Crippen LogP contribution in [0.2, 0.25) is 0 Å². The Morgan fingerprint density at radius 3 is 2.68 bits per heavy atom. The van der Waals surface area contributed by atoms with Crippen molar-refractivity contribution in [3.05, 3.63) is 81.9 Å². The van der Waals surface area contributed by atoms with Crippen LogP contribution >= 0.6 is 0 Å². The topological polar surface area (TPSA) is 73.0 Å². The van der Waals surface area contributed by atoms with Crippen molar-refractivity contribution in [1.29, 1.82) is 0 Å². The van der Waals surface area contributed by atoms with Gasteiger partial charge < -0.3 is 9.88 Å². The molecule has 3 aromatic rings. The number of nitro groups is 1. The third kappa shape index (κ3) is 3.47. The first-order valence-electron chi connectivity index (χ1n) is 7.42. The molecule has 0 aliphatic rings. The fourth-order valence-corrected chi connectivity index (χ4v) is 2.49. The van der Waals surface area contributed by atoms with E-state index in [0.717, 1.165) is 12.1 Å². The lowest BCUT2D eigenvalue weighted by Crippen LogP contribution is -2.05. The summed E-state index contributed by atoms with van der Waals surface area (Å²) in [6.07, 6.45) is 3.24. The van der Waals surface area contributed by atoms with E-state index in [0.29, 0.717) is 17.1 Å². The number of nitrogens with zero attached hydrogens (tertiary/aromatic N) is 3. The number of aryl methyl sites for hydroxylation is 1. The summed E-state index contributed by atoms with van der Waals surface area (Å²) in [6, 6.07) is 7.92. The van der Waals surface area contributed by atoms with Crippen LogP contribution in [0.5, 0.6) is 0 Å². The molecule has 0 saturated heterocycles. The maximum absolute atomic E-state index is 14.3. The van der Waals surface area contributed by atoms with Gasteiger partial charge >= 0.3 is 0 Å². The average molecular weight is 344 g/mol. The molecular weight excluding hydrogens is 330 g/mol. The van der Waals surface area contributed by atoms with Gasteiger partial charge in [-0.25, -0.2) is 13.8 Å². The van der Waals surface area contributed by atoms with Crippen LogP contribution in [-0.4, -0.2) is 14.5 Å². The molecule has 2 aromatic carbocycles. The summed E-state index contributed by atoms with van der Waals surface area (Å²) in [5.74, 6) is -0.468. The molecule has 0 radical (unpaired) electrons. The van der Waals surface area contributed by atoms with Crippen LogP contribution < -0.4 is 5.32 Å². The molecule has 8 heteroatoms. The highest BCUT2D eigenvalue weighted by Crippen LogP contribution is 2.26. The molecule has 6 nitrogen and oxygen atoms in total. The van der Waals surface area contributed by atoms with Gasteiger partial charge in [-0.3, -0.25) is 10.1 Å². The number of hydrogen-bond acceptors (Lipinski definition) is 4. The maximum Gasteiger partial charge on any atom is 0.295 e. The van der Waals surface area contributed by atoms with Crippen molar-refractivity contribution in [1.82, 2.24) is 9.55 Å². The molecule has 0 saturated carbocycles. The molecule has 0 unspecified atom stereocenters. The van der Waals surface area contributed by atoms with E-state index in [4.69, 9.17) is 0 Å². The molecule has 0 aliphatic heterocycles. The quantitative estimate of drug-likeness (QED) is 0.561. The molecule has 1 N–H and O–H groups in total. The van der Waals surface area contributed by atoms with Gasteiger partial charge in [-0.2, -0.15) is 0 Å². The van der Waals surface area contributed by atoms with E-state index >= 15 is 0 Å². The lowest BCUT2D eigenvalue weighted by molar-refractivity contribution is -0.384. The normalized spacial score (nSPS) is 10.7. The molecular formula is C17H14F2N4O2. The Morgan fingerprint density at radius 1 is 1.24 bits per heavy atom. The molecule has 0 spiro atoms. The van der Waals surface area contributed by atoms with Gasteiger partial charge in [0.2, 0.25) is 0 Å². The van der Waals surface area contributed by atoms with Crippen LogP contribution in [0, 0.1) is 28.7 Å². The molecule has 0 bridgehead atoms. The van der Waals surface area contributed by atoms with Gasteiger partial charge in [0.15, 0.2) is 0 Å². The number of nitro benzene ring substituents is 1. The Kier molecular flexibility index (Phi) is 4.42. The lowest BCUT2D eigenvalue weighted by atomic mass is 10.1. The zero-order chi connectivity index (χ0) is 18.0. The van der Waals surface area contributed by atoms with Gasteiger partial charge in [0, 0.05) is 18.9 Å². The van der Waals surface area contributed by atoms with Crippen molar-refractivity contribution in [2.24, 2.45) is 0 Å². The fourth-order valence-electron chi connectivity index (χ4n) is 2.49. The van der Waals surface area contributed by atoms with Crippen molar-refractivity contribution in [3.63, 3.8) is 0 Å². The number of aromatic nitrogens is 2. The van der Waals surface area contributed by atoms with Crippen LogP contribution in [0.25, 0.3) is 5.69 Å². The minimum atomic E-state index is -0.691. The predicted octanol–water partition coefficient (Wildman–Crippen LogP) is 3.98. The van der Waals surface area contributed by atoms with Crippen LogP contribution in [-0.2, 0) is 6.54 Å². The summed E-state index contributed by atoms with van der Waals surface area (Å²) in [4.78, 5) is 14.4. The number of rotatable bonds is 5. The van der Waals surface area contributed by atoms with Gasteiger partial charge in [0.25, 0.3) is 5.69 Å². The van der Waals surface area contributed by atoms with Crippen LogP contribution in [0.3, 0.4) is 0 Å². The number of imidazole rings is 1. The molecule has 0 fully saturated rings. The smallest absolute Gasteiger partial charge is 0.295 e. The second-order valence-electron chi connectivity index (χ2n) is 5.40. The number of hydrogen-bond donors (Lipinski definition) is 1. The predicted molar refractivity (Wildman–Crippen MR) is 88.6 cm³/mol. The van der Waals surface area contributed by atoms with Crippen molar-refractivity contribution in [2.75, 3.05) is 5.32 Å². The van der Waals surface area contributed by atoms with E-state index in [2.05, 4.69) is 10.3 Å². The Balaban J connectivity index is 1.80. The summed E-state index contributed by atoms with van der Waals surface area (Å²) >= 11 is 0. The monoisotopic (exact) mass is 344 g/mol. The molecule has 0 atom stereocenters. The Morgan fingerprint density at radius 2 is 2.04 bits per heavy atom. The highest BCUT2D eigenvalue weighted by molar-refractivity contribution is 5.61. The molecule has 0 aliphatic carbocycles. The van der Waals surface area contributed by atoms with Crippen molar-refractivity contribution >= 4 is 11.4 Å². The molecule has 128 valence electrons. The summed E-state index contributed by atoms with van der Waals surface area (Å²) in [7, 11) is 0. The Bertz CT molecular complexity index is 940. The van der Waals surface area contributed by atoms with Crippen molar-refractivity contribution in [2.45, 2.75) is 13.5 Å². The zero-order valence-electron chi connectivity index (χ0n) is 13.2. The molecule has 1 heterocycles. The van der Waals surface area contributed by atoms with E-state index in [-0.39, 0.29) is 17.9 Å². The third-order valence-electron chi connectivity index (χ3n) is 3.74. The van der Waals surface area contributed by atoms with E-state index in [1.165, 1.54) is 12.1 Å². The number of nitrogens with one attached hydrogen (secondary N) is 1. The Hall–Kier alpha value is -3.29. The summed E-state index contributed by atoms with van der Waals surface area (Å²) in [5.41, 5.74) is 0.761. The molecule has 0 amide bonds. The SMILES string of the molecule is Cc1nccn1-c1ccc(CNc2ccc(F)cc2[N+](=O)[O-])cc1F. The second kappa shape index (κ2) is 6.68. The Labute approximate surface area is 141 Å². The highest BCUT2D eigenvalue weighted by atomic mass is 19.1. The minimum absolute atomic E-state index is 0.159. The first-order chi connectivity index (χ1) is 12.0. The van der Waals surface area contributed by atoms with Crippen molar-refractivity contribution in [3.8, 4) is 5.69 Å². The van der Waals surface area contributed by atoms with Gasteiger partial charge in [0.05, 0.1) is 16.7 Å². The highest BCUT2D eigenvalue weighted by Gasteiger charge is 2.15. The van der Waals surface area contributed by atoms with Gasteiger partial charge in [-0.1, -0.05) is 6.07 Å². The minimum Gasteiger partial charge on any atom is -0.375 e. The van der Waals surface area contributed by atoms with Crippen LogP contribution in [0.1, 0.15) is 11.4 Å². The second-order valence-corrected chi connectivity index (χ2v) is 5.40. The summed E-state index contributed by atoms with van der Waals surface area (Å²) in [6.45, 7) is 1.93. The number of benzene rings is 2. The molecule has 25 heavy (non-hydrogen) atoms. The third-order valence-corrected chi connectivity index (χ3v) is 3.74. The molecule has 3 rings (SSSR count). The van der Waals surface area contributed by atoms with E-state index in [1.807, 2.05) is 0 Å². The first-order valence-corrected chi connectivity index (χ1v) is 7.42. The largest absolute Gasteiger partial charge is 0.375 e. The van der Waals surface area contributed by atoms with Crippen LogP contribution in [0.4, 0.5) is 20.2 Å². The van der Waals surface area contributed by atoms with E-state index < -0.39 is 16.6 Å². The van der Waals surface area contributed by atoms with Crippen molar-refractivity contribution < 1.29 is 13.7 Å². The standard InChI is InChI=1S/C17H14F2N4O2/c1-11-20-6-7-22(11)16-5-2-12(8-14(16)19)10-21-15-4-3-13(18)9-17(15)23(24)25/h2-9,21H,10H2,1H3. The lowest BCUT2D eigenvalue weighted by Gasteiger charge is -2.10. The number of anilines is 1. The average Bonchev–Trinajstić information content (AvgIpc) is 2.99. The summed E-state index contributed by atoms with van der Waals surface area (Å²) < 4.78 is 29.1.